The first-order chi connectivity index (χ1) is 16.7. The van der Waals surface area contributed by atoms with Crippen LogP contribution in [0.5, 0.6) is 0 Å². The molecule has 4 heterocycles. The molecule has 1 aromatic carbocycles. The van der Waals surface area contributed by atoms with Crippen molar-refractivity contribution in [3.8, 4) is 0 Å². The molecule has 2 fully saturated rings. The highest BCUT2D eigenvalue weighted by atomic mass is 16.5. The van der Waals surface area contributed by atoms with Gasteiger partial charge in [0.2, 0.25) is 5.91 Å². The topological polar surface area (TPSA) is 95.5 Å². The largest absolute Gasteiger partial charge is 0.379 e. The third kappa shape index (κ3) is 5.60. The van der Waals surface area contributed by atoms with Crippen LogP contribution in [0.3, 0.4) is 0 Å². The van der Waals surface area contributed by atoms with Gasteiger partial charge in [-0.25, -0.2) is 0 Å². The molecule has 0 bridgehead atoms. The average Bonchev–Trinajstić information content (AvgIpc) is 2.90. The molecule has 1 amide bonds. The number of hydrogen-bond donors (Lipinski definition) is 2. The fourth-order valence-electron chi connectivity index (χ4n) is 4.54. The molecule has 2 aromatic heterocycles. The van der Waals surface area contributed by atoms with Crippen molar-refractivity contribution in [2.75, 3.05) is 62.7 Å². The number of ether oxygens (including phenoxy) is 1. The second-order valence-corrected chi connectivity index (χ2v) is 8.82. The minimum absolute atomic E-state index is 0.0669. The Balaban J connectivity index is 1.08. The SMILES string of the molecule is O=C(NCCN1CCOCC1)C1CCN(c2ccc(Nc3ccc4ncccc4c3)nn2)CC1. The van der Waals surface area contributed by atoms with E-state index >= 15 is 0 Å². The summed E-state index contributed by atoms with van der Waals surface area (Å²) in [6.07, 6.45) is 3.45. The fraction of sp³-hybridized carbons (Fsp3) is 0.440. The lowest BCUT2D eigenvalue weighted by molar-refractivity contribution is -0.125. The van der Waals surface area contributed by atoms with Gasteiger partial charge in [-0.15, -0.1) is 10.2 Å². The van der Waals surface area contributed by atoms with Crippen molar-refractivity contribution in [1.29, 1.82) is 0 Å². The lowest BCUT2D eigenvalue weighted by Gasteiger charge is -2.32. The number of carbonyl (C=O) groups excluding carboxylic acids is 1. The molecule has 9 nitrogen and oxygen atoms in total. The molecule has 0 aliphatic carbocycles. The maximum Gasteiger partial charge on any atom is 0.223 e. The van der Waals surface area contributed by atoms with E-state index in [4.69, 9.17) is 4.74 Å². The van der Waals surface area contributed by atoms with Crippen LogP contribution in [-0.2, 0) is 9.53 Å². The van der Waals surface area contributed by atoms with E-state index in [1.54, 1.807) is 6.20 Å². The number of anilines is 3. The van der Waals surface area contributed by atoms with Crippen molar-refractivity contribution in [2.45, 2.75) is 12.8 Å². The van der Waals surface area contributed by atoms with Crippen molar-refractivity contribution in [3.05, 3.63) is 48.7 Å². The third-order valence-electron chi connectivity index (χ3n) is 6.55. The van der Waals surface area contributed by atoms with Gasteiger partial charge >= 0.3 is 0 Å². The molecule has 2 N–H and O–H groups in total. The van der Waals surface area contributed by atoms with Gasteiger partial charge in [0.1, 0.15) is 0 Å². The number of nitrogens with zero attached hydrogens (tertiary/aromatic N) is 5. The van der Waals surface area contributed by atoms with E-state index in [1.165, 1.54) is 0 Å². The van der Waals surface area contributed by atoms with E-state index in [2.05, 4.69) is 41.7 Å². The molecule has 34 heavy (non-hydrogen) atoms. The van der Waals surface area contributed by atoms with Gasteiger partial charge in [-0.05, 0) is 49.2 Å². The van der Waals surface area contributed by atoms with Crippen LogP contribution in [0.15, 0.2) is 48.7 Å². The number of pyridine rings is 1. The van der Waals surface area contributed by atoms with E-state index < -0.39 is 0 Å². The number of aromatic nitrogens is 3. The van der Waals surface area contributed by atoms with Crippen LogP contribution >= 0.6 is 0 Å². The lowest BCUT2D eigenvalue weighted by Crippen LogP contribution is -2.44. The molecule has 0 radical (unpaired) electrons. The summed E-state index contributed by atoms with van der Waals surface area (Å²) >= 11 is 0. The van der Waals surface area contributed by atoms with Crippen LogP contribution in [0.1, 0.15) is 12.8 Å². The smallest absolute Gasteiger partial charge is 0.223 e. The number of benzene rings is 1. The third-order valence-corrected chi connectivity index (χ3v) is 6.55. The summed E-state index contributed by atoms with van der Waals surface area (Å²) in [7, 11) is 0. The monoisotopic (exact) mass is 461 g/mol. The first-order valence-corrected chi connectivity index (χ1v) is 12.0. The second kappa shape index (κ2) is 10.8. The Hall–Kier alpha value is -3.30. The zero-order chi connectivity index (χ0) is 23.2. The Labute approximate surface area is 199 Å². The number of nitrogens with one attached hydrogen (secondary N) is 2. The quantitative estimate of drug-likeness (QED) is 0.554. The maximum absolute atomic E-state index is 12.6. The van der Waals surface area contributed by atoms with E-state index in [1.807, 2.05) is 36.4 Å². The molecule has 9 heteroatoms. The molecular formula is C25H31N7O2. The zero-order valence-electron chi connectivity index (χ0n) is 19.3. The van der Waals surface area contributed by atoms with Crippen molar-refractivity contribution in [2.24, 2.45) is 5.92 Å². The summed E-state index contributed by atoms with van der Waals surface area (Å²) in [5, 5.41) is 16.3. The Bertz CT molecular complexity index is 1090. The number of hydrogen-bond acceptors (Lipinski definition) is 8. The lowest BCUT2D eigenvalue weighted by atomic mass is 9.96. The molecule has 0 spiro atoms. The van der Waals surface area contributed by atoms with Gasteiger partial charge in [0.25, 0.3) is 0 Å². The van der Waals surface area contributed by atoms with Gasteiger partial charge in [0, 0.05) is 62.5 Å². The number of fused-ring (bicyclic) bond motifs is 1. The van der Waals surface area contributed by atoms with Crippen LogP contribution < -0.4 is 15.5 Å². The molecule has 178 valence electrons. The number of rotatable bonds is 7. The summed E-state index contributed by atoms with van der Waals surface area (Å²) in [5.41, 5.74) is 1.91. The molecule has 0 unspecified atom stereocenters. The van der Waals surface area contributed by atoms with Gasteiger partial charge in [0.05, 0.1) is 18.7 Å². The summed E-state index contributed by atoms with van der Waals surface area (Å²) in [4.78, 5) is 21.5. The summed E-state index contributed by atoms with van der Waals surface area (Å²) in [5.74, 6) is 1.78. The molecule has 2 saturated heterocycles. The molecular weight excluding hydrogens is 430 g/mol. The van der Waals surface area contributed by atoms with Gasteiger partial charge in [-0.1, -0.05) is 6.07 Å². The van der Waals surface area contributed by atoms with Gasteiger partial charge < -0.3 is 20.3 Å². The van der Waals surface area contributed by atoms with Crippen molar-refractivity contribution in [3.63, 3.8) is 0 Å². The minimum atomic E-state index is 0.0669. The predicted octanol–water partition coefficient (Wildman–Crippen LogP) is 2.43. The minimum Gasteiger partial charge on any atom is -0.379 e. The highest BCUT2D eigenvalue weighted by Crippen LogP contribution is 2.24. The van der Waals surface area contributed by atoms with E-state index in [0.29, 0.717) is 12.4 Å². The van der Waals surface area contributed by atoms with E-state index in [0.717, 1.165) is 81.2 Å². The standard InChI is InChI=1S/C25H31N7O2/c33-25(27-10-13-31-14-16-34-17-15-31)19-7-11-32(12-8-19)24-6-5-23(29-30-24)28-21-3-4-22-20(18-21)2-1-9-26-22/h1-6,9,18-19H,7-8,10-17H2,(H,27,33)(H,28,29). The Morgan fingerprint density at radius 1 is 1.03 bits per heavy atom. The van der Waals surface area contributed by atoms with Gasteiger partial charge in [-0.3, -0.25) is 14.7 Å². The molecule has 0 atom stereocenters. The van der Waals surface area contributed by atoms with Crippen molar-refractivity contribution >= 4 is 34.1 Å². The number of amides is 1. The Morgan fingerprint density at radius 3 is 2.68 bits per heavy atom. The second-order valence-electron chi connectivity index (χ2n) is 8.82. The summed E-state index contributed by atoms with van der Waals surface area (Å²) in [6, 6.07) is 13.9. The average molecular weight is 462 g/mol. The van der Waals surface area contributed by atoms with Crippen molar-refractivity contribution in [1.82, 2.24) is 25.4 Å². The molecule has 2 aliphatic heterocycles. The van der Waals surface area contributed by atoms with Crippen LogP contribution in [0, 0.1) is 5.92 Å². The summed E-state index contributed by atoms with van der Waals surface area (Å²) < 4.78 is 5.37. The Morgan fingerprint density at radius 2 is 1.88 bits per heavy atom. The van der Waals surface area contributed by atoms with Crippen LogP contribution in [0.2, 0.25) is 0 Å². The van der Waals surface area contributed by atoms with Gasteiger partial charge in [0.15, 0.2) is 11.6 Å². The molecule has 2 aliphatic rings. The number of piperidine rings is 1. The fourth-order valence-corrected chi connectivity index (χ4v) is 4.54. The van der Waals surface area contributed by atoms with E-state index in [9.17, 15) is 4.79 Å². The van der Waals surface area contributed by atoms with Crippen LogP contribution in [0.4, 0.5) is 17.3 Å². The normalized spacial score (nSPS) is 17.6. The first kappa shape index (κ1) is 22.5. The van der Waals surface area contributed by atoms with Crippen LogP contribution in [0.25, 0.3) is 10.9 Å². The van der Waals surface area contributed by atoms with Gasteiger partial charge in [-0.2, -0.15) is 0 Å². The van der Waals surface area contributed by atoms with Crippen molar-refractivity contribution < 1.29 is 9.53 Å². The zero-order valence-corrected chi connectivity index (χ0v) is 19.3. The number of carbonyl (C=O) groups is 1. The number of morpholine rings is 1. The Kier molecular flexibility index (Phi) is 7.11. The highest BCUT2D eigenvalue weighted by Gasteiger charge is 2.25. The predicted molar refractivity (Wildman–Crippen MR) is 132 cm³/mol. The van der Waals surface area contributed by atoms with Crippen LogP contribution in [-0.4, -0.2) is 78.5 Å². The molecule has 5 rings (SSSR count). The highest BCUT2D eigenvalue weighted by molar-refractivity contribution is 5.83. The van der Waals surface area contributed by atoms with E-state index in [-0.39, 0.29) is 11.8 Å². The summed E-state index contributed by atoms with van der Waals surface area (Å²) in [6.45, 7) is 6.67. The maximum atomic E-state index is 12.6. The molecule has 0 saturated carbocycles. The molecule has 3 aromatic rings. The first-order valence-electron chi connectivity index (χ1n) is 12.0.